The smallest absolute Gasteiger partial charge is 0.233 e. The maximum absolute atomic E-state index is 12.3. The SMILES string of the molecule is O=C(CCNS(=O)(=O)/C=C/c1ccccc1)NC(c1ccccc1)C1CC1. The van der Waals surface area contributed by atoms with Crippen LogP contribution in [0.2, 0.25) is 0 Å². The monoisotopic (exact) mass is 384 g/mol. The van der Waals surface area contributed by atoms with Gasteiger partial charge < -0.3 is 5.32 Å². The van der Waals surface area contributed by atoms with Crippen LogP contribution in [-0.2, 0) is 14.8 Å². The van der Waals surface area contributed by atoms with Gasteiger partial charge in [-0.15, -0.1) is 0 Å². The zero-order chi connectivity index (χ0) is 19.1. The average molecular weight is 385 g/mol. The van der Waals surface area contributed by atoms with E-state index in [1.807, 2.05) is 60.7 Å². The summed E-state index contributed by atoms with van der Waals surface area (Å²) >= 11 is 0. The molecule has 1 atom stereocenters. The van der Waals surface area contributed by atoms with Crippen LogP contribution < -0.4 is 10.0 Å². The molecule has 2 aromatic carbocycles. The van der Waals surface area contributed by atoms with Gasteiger partial charge in [0.1, 0.15) is 0 Å². The Morgan fingerprint density at radius 3 is 2.30 bits per heavy atom. The summed E-state index contributed by atoms with van der Waals surface area (Å²) in [5.41, 5.74) is 1.90. The van der Waals surface area contributed by atoms with E-state index < -0.39 is 10.0 Å². The summed E-state index contributed by atoms with van der Waals surface area (Å²) in [5.74, 6) is 0.326. The lowest BCUT2D eigenvalue weighted by Gasteiger charge is -2.18. The Morgan fingerprint density at radius 2 is 1.67 bits per heavy atom. The molecule has 0 spiro atoms. The number of nitrogens with one attached hydrogen (secondary N) is 2. The van der Waals surface area contributed by atoms with E-state index >= 15 is 0 Å². The Balaban J connectivity index is 1.48. The molecule has 142 valence electrons. The Kier molecular flexibility index (Phi) is 6.42. The second-order valence-electron chi connectivity index (χ2n) is 6.70. The Labute approximate surface area is 160 Å². The molecule has 6 heteroatoms. The van der Waals surface area contributed by atoms with Gasteiger partial charge in [-0.25, -0.2) is 13.1 Å². The fourth-order valence-electron chi connectivity index (χ4n) is 2.90. The van der Waals surface area contributed by atoms with Crippen molar-refractivity contribution in [2.75, 3.05) is 6.54 Å². The first-order valence-electron chi connectivity index (χ1n) is 9.10. The summed E-state index contributed by atoms with van der Waals surface area (Å²) in [4.78, 5) is 12.3. The number of carbonyl (C=O) groups excluding carboxylic acids is 1. The van der Waals surface area contributed by atoms with Gasteiger partial charge in [0.25, 0.3) is 0 Å². The van der Waals surface area contributed by atoms with E-state index in [4.69, 9.17) is 0 Å². The van der Waals surface area contributed by atoms with Crippen LogP contribution in [0, 0.1) is 5.92 Å². The van der Waals surface area contributed by atoms with Crippen LogP contribution >= 0.6 is 0 Å². The van der Waals surface area contributed by atoms with Gasteiger partial charge >= 0.3 is 0 Å². The molecule has 2 aromatic rings. The van der Waals surface area contributed by atoms with E-state index in [0.717, 1.165) is 29.4 Å². The summed E-state index contributed by atoms with van der Waals surface area (Å²) in [6.45, 7) is 0.0689. The van der Waals surface area contributed by atoms with Crippen molar-refractivity contribution < 1.29 is 13.2 Å². The van der Waals surface area contributed by atoms with Gasteiger partial charge in [-0.3, -0.25) is 4.79 Å². The molecule has 1 saturated carbocycles. The third-order valence-electron chi connectivity index (χ3n) is 4.46. The fraction of sp³-hybridized carbons (Fsp3) is 0.286. The van der Waals surface area contributed by atoms with Crippen molar-refractivity contribution in [3.8, 4) is 0 Å². The molecule has 5 nitrogen and oxygen atoms in total. The average Bonchev–Trinajstić information content (AvgIpc) is 3.51. The Hall–Kier alpha value is -2.44. The van der Waals surface area contributed by atoms with Crippen LogP contribution in [0.25, 0.3) is 6.08 Å². The normalized spacial score (nSPS) is 15.6. The molecule has 27 heavy (non-hydrogen) atoms. The minimum absolute atomic E-state index is 0.00767. The third-order valence-corrected chi connectivity index (χ3v) is 5.56. The van der Waals surface area contributed by atoms with Gasteiger partial charge in [0.2, 0.25) is 15.9 Å². The molecule has 0 bridgehead atoms. The minimum atomic E-state index is -3.57. The first-order valence-corrected chi connectivity index (χ1v) is 10.7. The first kappa shape index (κ1) is 19.3. The predicted octanol–water partition coefficient (Wildman–Crippen LogP) is 3.23. The number of hydrogen-bond acceptors (Lipinski definition) is 3. The van der Waals surface area contributed by atoms with Crippen molar-refractivity contribution in [3.63, 3.8) is 0 Å². The number of sulfonamides is 1. The van der Waals surface area contributed by atoms with Crippen molar-refractivity contribution in [2.45, 2.75) is 25.3 Å². The highest BCUT2D eigenvalue weighted by Gasteiger charge is 2.33. The standard InChI is InChI=1S/C21H24N2O3S/c24-20(23-21(19-11-12-19)18-9-5-2-6-10-18)13-15-22-27(25,26)16-14-17-7-3-1-4-8-17/h1-10,14,16,19,21-22H,11-13,15H2,(H,23,24)/b16-14+. The molecule has 1 aliphatic rings. The topological polar surface area (TPSA) is 75.3 Å². The number of amides is 1. The number of hydrogen-bond donors (Lipinski definition) is 2. The number of benzene rings is 2. The van der Waals surface area contributed by atoms with Gasteiger partial charge in [0.05, 0.1) is 6.04 Å². The number of carbonyl (C=O) groups is 1. The van der Waals surface area contributed by atoms with Crippen LogP contribution in [0.4, 0.5) is 0 Å². The first-order chi connectivity index (χ1) is 13.0. The fourth-order valence-corrected chi connectivity index (χ4v) is 3.72. The van der Waals surface area contributed by atoms with Gasteiger partial charge in [-0.05, 0) is 36.0 Å². The van der Waals surface area contributed by atoms with Crippen molar-refractivity contribution in [1.29, 1.82) is 0 Å². The summed E-state index contributed by atoms with van der Waals surface area (Å²) < 4.78 is 26.5. The maximum atomic E-state index is 12.3. The summed E-state index contributed by atoms with van der Waals surface area (Å²) in [5, 5.41) is 4.17. The Morgan fingerprint density at radius 1 is 1.04 bits per heavy atom. The molecular formula is C21H24N2O3S. The van der Waals surface area contributed by atoms with Crippen molar-refractivity contribution >= 4 is 22.0 Å². The number of rotatable bonds is 9. The summed E-state index contributed by atoms with van der Waals surface area (Å²) in [7, 11) is -3.57. The molecule has 2 N–H and O–H groups in total. The largest absolute Gasteiger partial charge is 0.349 e. The van der Waals surface area contributed by atoms with Crippen molar-refractivity contribution in [1.82, 2.24) is 10.0 Å². The molecular weight excluding hydrogens is 360 g/mol. The minimum Gasteiger partial charge on any atom is -0.349 e. The molecule has 0 saturated heterocycles. The van der Waals surface area contributed by atoms with Crippen LogP contribution in [0.5, 0.6) is 0 Å². The van der Waals surface area contributed by atoms with Gasteiger partial charge in [-0.2, -0.15) is 0 Å². The predicted molar refractivity (Wildman–Crippen MR) is 107 cm³/mol. The van der Waals surface area contributed by atoms with E-state index in [1.165, 1.54) is 6.08 Å². The van der Waals surface area contributed by atoms with Gasteiger partial charge in [0.15, 0.2) is 0 Å². The molecule has 1 unspecified atom stereocenters. The van der Waals surface area contributed by atoms with Crippen LogP contribution in [-0.4, -0.2) is 20.9 Å². The molecule has 1 fully saturated rings. The van der Waals surface area contributed by atoms with E-state index in [-0.39, 0.29) is 24.9 Å². The second-order valence-corrected chi connectivity index (χ2v) is 8.35. The lowest BCUT2D eigenvalue weighted by Crippen LogP contribution is -2.33. The molecule has 3 rings (SSSR count). The van der Waals surface area contributed by atoms with Crippen LogP contribution in [0.15, 0.2) is 66.1 Å². The van der Waals surface area contributed by atoms with Crippen LogP contribution in [0.1, 0.15) is 36.4 Å². The zero-order valence-corrected chi connectivity index (χ0v) is 15.9. The summed E-state index contributed by atoms with van der Waals surface area (Å²) in [6.07, 6.45) is 3.85. The highest BCUT2D eigenvalue weighted by Crippen LogP contribution is 2.40. The van der Waals surface area contributed by atoms with E-state index in [1.54, 1.807) is 0 Å². The highest BCUT2D eigenvalue weighted by molar-refractivity contribution is 7.92. The molecule has 0 aromatic heterocycles. The second kappa shape index (κ2) is 8.97. The maximum Gasteiger partial charge on any atom is 0.233 e. The van der Waals surface area contributed by atoms with Crippen molar-refractivity contribution in [3.05, 3.63) is 77.2 Å². The molecule has 1 amide bonds. The van der Waals surface area contributed by atoms with Gasteiger partial charge in [-0.1, -0.05) is 60.7 Å². The van der Waals surface area contributed by atoms with E-state index in [0.29, 0.717) is 5.92 Å². The molecule has 0 aliphatic heterocycles. The highest BCUT2D eigenvalue weighted by atomic mass is 32.2. The Bertz CT molecular complexity index is 876. The molecule has 0 radical (unpaired) electrons. The lowest BCUT2D eigenvalue weighted by molar-refractivity contribution is -0.121. The van der Waals surface area contributed by atoms with Gasteiger partial charge in [0, 0.05) is 18.4 Å². The van der Waals surface area contributed by atoms with Crippen LogP contribution in [0.3, 0.4) is 0 Å². The quantitative estimate of drug-likeness (QED) is 0.697. The lowest BCUT2D eigenvalue weighted by atomic mass is 10.0. The zero-order valence-electron chi connectivity index (χ0n) is 15.0. The third kappa shape index (κ3) is 6.34. The van der Waals surface area contributed by atoms with E-state index in [2.05, 4.69) is 10.0 Å². The molecule has 0 heterocycles. The summed E-state index contributed by atoms with van der Waals surface area (Å²) in [6, 6.07) is 19.1. The molecule has 1 aliphatic carbocycles. The van der Waals surface area contributed by atoms with Crippen molar-refractivity contribution in [2.24, 2.45) is 5.92 Å². The van der Waals surface area contributed by atoms with E-state index in [9.17, 15) is 13.2 Å².